The Kier molecular flexibility index (Phi) is 6.10. The summed E-state index contributed by atoms with van der Waals surface area (Å²) >= 11 is 0. The van der Waals surface area contributed by atoms with E-state index >= 15 is 0 Å². The number of benzene rings is 2. The van der Waals surface area contributed by atoms with Gasteiger partial charge in [0.2, 0.25) is 0 Å². The Morgan fingerprint density at radius 1 is 1.04 bits per heavy atom. The normalized spacial score (nSPS) is 13.9. The number of methoxy groups -OCH3 is 1. The first-order valence-corrected chi connectivity index (χ1v) is 8.89. The van der Waals surface area contributed by atoms with Gasteiger partial charge in [0.25, 0.3) is 0 Å². The van der Waals surface area contributed by atoms with E-state index in [1.165, 1.54) is 0 Å². The van der Waals surface area contributed by atoms with Crippen LogP contribution in [-0.2, 0) is 11.0 Å². The van der Waals surface area contributed by atoms with Crippen LogP contribution < -0.4 is 4.74 Å². The molecule has 0 aliphatic heterocycles. The van der Waals surface area contributed by atoms with Gasteiger partial charge in [0, 0.05) is 5.56 Å². The van der Waals surface area contributed by atoms with Crippen molar-refractivity contribution in [2.45, 2.75) is 25.5 Å². The predicted octanol–water partition coefficient (Wildman–Crippen LogP) is 4.66. The summed E-state index contributed by atoms with van der Waals surface area (Å²) in [4.78, 5) is 0. The highest BCUT2D eigenvalue weighted by molar-refractivity contribution is 7.85. The third-order valence-corrected chi connectivity index (χ3v) is 4.73. The van der Waals surface area contributed by atoms with Crippen LogP contribution in [0.1, 0.15) is 31.9 Å². The molecule has 3 nitrogen and oxygen atoms in total. The molecule has 0 spiro atoms. The maximum absolute atomic E-state index is 12.4. The summed E-state index contributed by atoms with van der Waals surface area (Å²) in [5, 5.41) is 0. The standard InChI is InChI=1S/C20H23NO2S/c1-20(2,3)24(22)21-19(17-8-6-5-7-9-17)15-12-16-10-13-18(23-4)14-11-16/h5-15H,1-4H3/b15-12+,21-19-/t24-/m0/s1. The van der Waals surface area contributed by atoms with E-state index in [9.17, 15) is 4.21 Å². The quantitative estimate of drug-likeness (QED) is 0.742. The lowest BCUT2D eigenvalue weighted by molar-refractivity contribution is 0.415. The number of rotatable bonds is 5. The fourth-order valence-corrected chi connectivity index (χ4v) is 2.52. The number of allylic oxidation sites excluding steroid dienone is 1. The van der Waals surface area contributed by atoms with Crippen molar-refractivity contribution in [1.29, 1.82) is 0 Å². The van der Waals surface area contributed by atoms with Crippen molar-refractivity contribution < 1.29 is 8.95 Å². The average molecular weight is 341 g/mol. The lowest BCUT2D eigenvalue weighted by Gasteiger charge is -2.14. The Balaban J connectivity index is 2.34. The fraction of sp³-hybridized carbons (Fsp3) is 0.250. The second kappa shape index (κ2) is 8.06. The van der Waals surface area contributed by atoms with E-state index in [1.54, 1.807) is 7.11 Å². The summed E-state index contributed by atoms with van der Waals surface area (Å²) in [6, 6.07) is 17.6. The van der Waals surface area contributed by atoms with E-state index in [-0.39, 0.29) is 0 Å². The first kappa shape index (κ1) is 18.1. The van der Waals surface area contributed by atoms with Crippen LogP contribution in [-0.4, -0.2) is 21.8 Å². The molecule has 0 heterocycles. The summed E-state index contributed by atoms with van der Waals surface area (Å²) in [5.74, 6) is 0.818. The summed E-state index contributed by atoms with van der Waals surface area (Å²) in [6.45, 7) is 5.76. The van der Waals surface area contributed by atoms with Crippen LogP contribution in [0.3, 0.4) is 0 Å². The van der Waals surface area contributed by atoms with E-state index in [0.717, 1.165) is 16.9 Å². The van der Waals surface area contributed by atoms with Gasteiger partial charge in [0.1, 0.15) is 16.7 Å². The van der Waals surface area contributed by atoms with Crippen LogP contribution in [0, 0.1) is 0 Å². The van der Waals surface area contributed by atoms with Gasteiger partial charge < -0.3 is 4.74 Å². The molecule has 0 fully saturated rings. The third kappa shape index (κ3) is 5.17. The molecule has 1 atom stereocenters. The van der Waals surface area contributed by atoms with Crippen LogP contribution in [0.5, 0.6) is 5.75 Å². The monoisotopic (exact) mass is 341 g/mol. The van der Waals surface area contributed by atoms with Crippen molar-refractivity contribution in [2.75, 3.05) is 7.11 Å². The van der Waals surface area contributed by atoms with E-state index in [0.29, 0.717) is 5.71 Å². The topological polar surface area (TPSA) is 38.7 Å². The second-order valence-corrected chi connectivity index (χ2v) is 8.22. The van der Waals surface area contributed by atoms with Gasteiger partial charge >= 0.3 is 0 Å². The maximum atomic E-state index is 12.4. The largest absolute Gasteiger partial charge is 0.497 e. The number of nitrogens with zero attached hydrogens (tertiary/aromatic N) is 1. The molecule has 2 aromatic carbocycles. The summed E-state index contributed by atoms with van der Waals surface area (Å²) < 4.78 is 21.6. The van der Waals surface area contributed by atoms with E-state index in [4.69, 9.17) is 4.74 Å². The van der Waals surface area contributed by atoms with Gasteiger partial charge in [0.15, 0.2) is 0 Å². The molecule has 0 N–H and O–H groups in total. The molecule has 0 aromatic heterocycles. The molecular weight excluding hydrogens is 318 g/mol. The lowest BCUT2D eigenvalue weighted by atomic mass is 10.1. The van der Waals surface area contributed by atoms with Crippen LogP contribution in [0.4, 0.5) is 0 Å². The molecule has 0 aliphatic rings. The molecule has 24 heavy (non-hydrogen) atoms. The van der Waals surface area contributed by atoms with E-state index in [2.05, 4.69) is 4.40 Å². The summed E-state index contributed by atoms with van der Waals surface area (Å²) in [7, 11) is 0.332. The number of hydrogen-bond donors (Lipinski definition) is 0. The molecule has 0 bridgehead atoms. The van der Waals surface area contributed by atoms with Crippen LogP contribution in [0.25, 0.3) is 6.08 Å². The summed E-state index contributed by atoms with van der Waals surface area (Å²) in [5.41, 5.74) is 2.68. The fourth-order valence-electron chi connectivity index (χ4n) is 1.90. The average Bonchev–Trinajstić information content (AvgIpc) is 2.58. The van der Waals surface area contributed by atoms with Crippen LogP contribution in [0.2, 0.25) is 0 Å². The molecular formula is C20H23NO2S. The van der Waals surface area contributed by atoms with Gasteiger partial charge in [-0.15, -0.1) is 0 Å². The van der Waals surface area contributed by atoms with Gasteiger partial charge in [-0.25, -0.2) is 4.21 Å². The molecule has 126 valence electrons. The molecule has 0 radical (unpaired) electrons. The summed E-state index contributed by atoms with van der Waals surface area (Å²) in [6.07, 6.45) is 3.87. The minimum absolute atomic E-state index is 0.395. The van der Waals surface area contributed by atoms with Crippen LogP contribution >= 0.6 is 0 Å². The highest BCUT2D eigenvalue weighted by atomic mass is 32.2. The minimum atomic E-state index is -1.31. The van der Waals surface area contributed by atoms with Crippen molar-refractivity contribution in [1.82, 2.24) is 0 Å². The van der Waals surface area contributed by atoms with Gasteiger partial charge in [-0.05, 0) is 44.5 Å². The van der Waals surface area contributed by atoms with Crippen molar-refractivity contribution in [3.8, 4) is 5.75 Å². The molecule has 4 heteroatoms. The van der Waals surface area contributed by atoms with Crippen molar-refractivity contribution >= 4 is 22.8 Å². The molecule has 0 saturated carbocycles. The third-order valence-electron chi connectivity index (χ3n) is 3.32. The SMILES string of the molecule is COc1ccc(/C=C/C(=N/[S@@](=O)C(C)(C)C)c2ccccc2)cc1. The second-order valence-electron chi connectivity index (χ2n) is 6.31. The van der Waals surface area contributed by atoms with E-state index in [1.807, 2.05) is 87.5 Å². The van der Waals surface area contributed by atoms with Gasteiger partial charge in [-0.3, -0.25) is 0 Å². The maximum Gasteiger partial charge on any atom is 0.145 e. The van der Waals surface area contributed by atoms with Gasteiger partial charge in [-0.2, -0.15) is 4.40 Å². The molecule has 0 saturated heterocycles. The van der Waals surface area contributed by atoms with Crippen molar-refractivity contribution in [2.24, 2.45) is 4.40 Å². The Labute approximate surface area is 146 Å². The zero-order valence-corrected chi connectivity index (χ0v) is 15.3. The van der Waals surface area contributed by atoms with E-state index < -0.39 is 15.7 Å². The number of hydrogen-bond acceptors (Lipinski definition) is 2. The predicted molar refractivity (Wildman–Crippen MR) is 103 cm³/mol. The Bertz CT molecular complexity index is 741. The molecule has 0 aliphatic carbocycles. The smallest absolute Gasteiger partial charge is 0.145 e. The highest BCUT2D eigenvalue weighted by Gasteiger charge is 2.19. The zero-order valence-electron chi connectivity index (χ0n) is 14.5. The van der Waals surface area contributed by atoms with Crippen LogP contribution in [0.15, 0.2) is 65.1 Å². The van der Waals surface area contributed by atoms with Gasteiger partial charge in [-0.1, -0.05) is 48.5 Å². The zero-order chi connectivity index (χ0) is 17.6. The van der Waals surface area contributed by atoms with Crippen molar-refractivity contribution in [3.63, 3.8) is 0 Å². The minimum Gasteiger partial charge on any atom is -0.497 e. The highest BCUT2D eigenvalue weighted by Crippen LogP contribution is 2.16. The number of ether oxygens (including phenoxy) is 1. The Morgan fingerprint density at radius 2 is 1.67 bits per heavy atom. The Hall–Kier alpha value is -2.20. The van der Waals surface area contributed by atoms with Crippen molar-refractivity contribution in [3.05, 3.63) is 71.8 Å². The van der Waals surface area contributed by atoms with Gasteiger partial charge in [0.05, 0.1) is 17.6 Å². The first-order valence-electron chi connectivity index (χ1n) is 7.78. The molecule has 2 rings (SSSR count). The molecule has 0 unspecified atom stereocenters. The first-order chi connectivity index (χ1) is 11.4. The lowest BCUT2D eigenvalue weighted by Crippen LogP contribution is -2.20. The molecule has 2 aromatic rings. The Morgan fingerprint density at radius 3 is 2.21 bits per heavy atom. The molecule has 0 amide bonds.